The number of rotatable bonds is 2. The summed E-state index contributed by atoms with van der Waals surface area (Å²) in [7, 11) is 0. The van der Waals surface area contributed by atoms with Crippen LogP contribution in [0.5, 0.6) is 0 Å². The third kappa shape index (κ3) is 2.49. The minimum Gasteiger partial charge on any atom is -0.383 e. The first-order valence-electron chi connectivity index (χ1n) is 5.62. The number of nitrogen functional groups attached to an aromatic ring is 1. The van der Waals surface area contributed by atoms with Crippen LogP contribution in [0.3, 0.4) is 0 Å². The maximum atomic E-state index is 10.7. The van der Waals surface area contributed by atoms with Crippen molar-refractivity contribution in [1.29, 1.82) is 0 Å². The number of hydrogen-bond acceptors (Lipinski definition) is 3. The smallest absolute Gasteiger partial charge is 0.129 e. The lowest BCUT2D eigenvalue weighted by Crippen LogP contribution is -2.25. The van der Waals surface area contributed by atoms with Gasteiger partial charge in [0.05, 0.1) is 0 Å². The van der Waals surface area contributed by atoms with Gasteiger partial charge in [0.2, 0.25) is 0 Å². The number of aliphatic hydroxyl groups is 1. The fraction of sp³-hybridized carbons (Fsp3) is 0.214. The fourth-order valence-corrected chi connectivity index (χ4v) is 2.26. The highest BCUT2D eigenvalue weighted by molar-refractivity contribution is 14.1. The highest BCUT2D eigenvalue weighted by atomic mass is 127. The fourth-order valence-electron chi connectivity index (χ4n) is 1.90. The van der Waals surface area contributed by atoms with E-state index in [1.807, 2.05) is 37.3 Å². The molecule has 94 valence electrons. The Balaban J connectivity index is 2.53. The van der Waals surface area contributed by atoms with E-state index in [9.17, 15) is 5.11 Å². The largest absolute Gasteiger partial charge is 0.383 e. The number of hydrogen-bond donors (Lipinski definition) is 2. The summed E-state index contributed by atoms with van der Waals surface area (Å²) in [5.74, 6) is 0.365. The molecule has 1 unspecified atom stereocenters. The lowest BCUT2D eigenvalue weighted by molar-refractivity contribution is 0.103. The molecule has 0 aliphatic carbocycles. The number of pyridine rings is 1. The lowest BCUT2D eigenvalue weighted by Gasteiger charge is -2.25. The van der Waals surface area contributed by atoms with Crippen LogP contribution in [0.2, 0.25) is 0 Å². The lowest BCUT2D eigenvalue weighted by atomic mass is 9.88. The number of nitrogens with zero attached hydrogens (tertiary/aromatic N) is 1. The van der Waals surface area contributed by atoms with Crippen molar-refractivity contribution < 1.29 is 5.11 Å². The predicted molar refractivity (Wildman–Crippen MR) is 81.2 cm³/mol. The molecule has 3 nitrogen and oxygen atoms in total. The van der Waals surface area contributed by atoms with Gasteiger partial charge < -0.3 is 10.8 Å². The Morgan fingerprint density at radius 2 is 1.89 bits per heavy atom. The first kappa shape index (κ1) is 13.3. The van der Waals surface area contributed by atoms with Gasteiger partial charge in [-0.15, -0.1) is 0 Å². The predicted octanol–water partition coefficient (Wildman–Crippen LogP) is 2.83. The first-order chi connectivity index (χ1) is 8.41. The summed E-state index contributed by atoms with van der Waals surface area (Å²) in [6.07, 6.45) is 1.70. The van der Waals surface area contributed by atoms with E-state index in [0.29, 0.717) is 11.4 Å². The second-order valence-corrected chi connectivity index (χ2v) is 5.77. The summed E-state index contributed by atoms with van der Waals surface area (Å²) in [5, 5.41) is 10.7. The summed E-state index contributed by atoms with van der Waals surface area (Å²) >= 11 is 2.23. The van der Waals surface area contributed by atoms with Crippen molar-refractivity contribution in [1.82, 2.24) is 4.98 Å². The normalized spacial score (nSPS) is 14.2. The Morgan fingerprint density at radius 3 is 2.50 bits per heavy atom. The van der Waals surface area contributed by atoms with E-state index in [4.69, 9.17) is 5.73 Å². The monoisotopic (exact) mass is 354 g/mol. The van der Waals surface area contributed by atoms with Gasteiger partial charge in [-0.1, -0.05) is 12.1 Å². The number of halogens is 1. The number of aryl methyl sites for hydroxylation is 1. The molecule has 0 fully saturated rings. The molecule has 2 aromatic rings. The Hall–Kier alpha value is -1.14. The van der Waals surface area contributed by atoms with Gasteiger partial charge in [-0.2, -0.15) is 0 Å². The highest BCUT2D eigenvalue weighted by Gasteiger charge is 2.28. The van der Waals surface area contributed by atoms with E-state index in [1.165, 1.54) is 0 Å². The Bertz CT molecular complexity index is 565. The molecule has 1 aromatic carbocycles. The molecule has 0 saturated carbocycles. The molecule has 1 aromatic heterocycles. The van der Waals surface area contributed by atoms with Gasteiger partial charge in [0, 0.05) is 15.3 Å². The molecule has 1 atom stereocenters. The van der Waals surface area contributed by atoms with Crippen LogP contribution in [0.25, 0.3) is 0 Å². The second kappa shape index (κ2) is 4.85. The van der Waals surface area contributed by atoms with Gasteiger partial charge in [-0.3, -0.25) is 0 Å². The van der Waals surface area contributed by atoms with E-state index in [0.717, 1.165) is 14.7 Å². The summed E-state index contributed by atoms with van der Waals surface area (Å²) in [4.78, 5) is 4.10. The van der Waals surface area contributed by atoms with Gasteiger partial charge in [0.1, 0.15) is 11.4 Å². The molecule has 0 radical (unpaired) electrons. The van der Waals surface area contributed by atoms with E-state index < -0.39 is 5.60 Å². The molecule has 0 saturated heterocycles. The topological polar surface area (TPSA) is 59.1 Å². The molecule has 4 heteroatoms. The molecule has 1 heterocycles. The summed E-state index contributed by atoms with van der Waals surface area (Å²) in [5.41, 5.74) is 7.17. The second-order valence-electron chi connectivity index (χ2n) is 4.52. The molecule has 0 bridgehead atoms. The van der Waals surface area contributed by atoms with Crippen LogP contribution >= 0.6 is 22.6 Å². The molecule has 0 amide bonds. The average Bonchev–Trinajstić information content (AvgIpc) is 2.32. The van der Waals surface area contributed by atoms with Gasteiger partial charge in [-0.05, 0) is 65.8 Å². The number of benzene rings is 1. The minimum absolute atomic E-state index is 0.365. The highest BCUT2D eigenvalue weighted by Crippen LogP contribution is 2.32. The van der Waals surface area contributed by atoms with Crippen molar-refractivity contribution in [3.8, 4) is 0 Å². The standard InChI is InChI=1S/C14H15IN2O/c1-9-7-12(13(16)17-8-9)14(2,18)10-3-5-11(15)6-4-10/h3-8,18H,1-2H3,(H2,16,17). The molecule has 0 aliphatic heterocycles. The zero-order valence-electron chi connectivity index (χ0n) is 10.3. The van der Waals surface area contributed by atoms with E-state index >= 15 is 0 Å². The number of anilines is 1. The van der Waals surface area contributed by atoms with Crippen LogP contribution in [0.15, 0.2) is 36.5 Å². The molecule has 3 N–H and O–H groups in total. The van der Waals surface area contributed by atoms with Crippen LogP contribution in [-0.4, -0.2) is 10.1 Å². The van der Waals surface area contributed by atoms with Crippen molar-refractivity contribution in [2.75, 3.05) is 5.73 Å². The molecule has 2 rings (SSSR count). The summed E-state index contributed by atoms with van der Waals surface area (Å²) in [6, 6.07) is 9.61. The van der Waals surface area contributed by atoms with Crippen LogP contribution < -0.4 is 5.73 Å². The third-order valence-electron chi connectivity index (χ3n) is 2.99. The van der Waals surface area contributed by atoms with Gasteiger partial charge in [0.15, 0.2) is 0 Å². The Labute approximate surface area is 120 Å². The van der Waals surface area contributed by atoms with Crippen molar-refractivity contribution in [3.05, 3.63) is 56.8 Å². The van der Waals surface area contributed by atoms with Crippen molar-refractivity contribution in [2.45, 2.75) is 19.4 Å². The van der Waals surface area contributed by atoms with E-state index in [2.05, 4.69) is 27.6 Å². The minimum atomic E-state index is -1.13. The SMILES string of the molecule is Cc1cnc(N)c(C(C)(O)c2ccc(I)cc2)c1. The van der Waals surface area contributed by atoms with Crippen molar-refractivity contribution >= 4 is 28.4 Å². The maximum Gasteiger partial charge on any atom is 0.129 e. The number of nitrogens with two attached hydrogens (primary N) is 1. The zero-order valence-corrected chi connectivity index (χ0v) is 12.5. The molecule has 0 spiro atoms. The molecular formula is C14H15IN2O. The van der Waals surface area contributed by atoms with Crippen LogP contribution in [0, 0.1) is 10.5 Å². The van der Waals surface area contributed by atoms with Crippen LogP contribution in [-0.2, 0) is 5.60 Å². The van der Waals surface area contributed by atoms with E-state index in [1.54, 1.807) is 13.1 Å². The summed E-state index contributed by atoms with van der Waals surface area (Å²) in [6.45, 7) is 3.67. The first-order valence-corrected chi connectivity index (χ1v) is 6.70. The summed E-state index contributed by atoms with van der Waals surface area (Å²) < 4.78 is 1.13. The van der Waals surface area contributed by atoms with Crippen molar-refractivity contribution in [3.63, 3.8) is 0 Å². The average molecular weight is 354 g/mol. The Kier molecular flexibility index (Phi) is 3.59. The third-order valence-corrected chi connectivity index (χ3v) is 3.71. The molecular weight excluding hydrogens is 339 g/mol. The quantitative estimate of drug-likeness (QED) is 0.816. The van der Waals surface area contributed by atoms with Crippen LogP contribution in [0.1, 0.15) is 23.6 Å². The number of aromatic nitrogens is 1. The molecule has 0 aliphatic rings. The van der Waals surface area contributed by atoms with Gasteiger partial charge >= 0.3 is 0 Å². The van der Waals surface area contributed by atoms with Crippen molar-refractivity contribution in [2.24, 2.45) is 0 Å². The van der Waals surface area contributed by atoms with Gasteiger partial charge in [0.25, 0.3) is 0 Å². The Morgan fingerprint density at radius 1 is 1.28 bits per heavy atom. The van der Waals surface area contributed by atoms with Crippen LogP contribution in [0.4, 0.5) is 5.82 Å². The van der Waals surface area contributed by atoms with Gasteiger partial charge in [-0.25, -0.2) is 4.98 Å². The zero-order chi connectivity index (χ0) is 13.3. The molecule has 18 heavy (non-hydrogen) atoms. The van der Waals surface area contributed by atoms with E-state index in [-0.39, 0.29) is 0 Å². The maximum absolute atomic E-state index is 10.7.